The summed E-state index contributed by atoms with van der Waals surface area (Å²) in [5.74, 6) is 0. The van der Waals surface area contributed by atoms with Crippen LogP contribution in [0, 0.1) is 5.41 Å². The molecule has 2 rings (SSSR count). The van der Waals surface area contributed by atoms with E-state index in [1.165, 1.54) is 77.8 Å². The SMILES string of the molecule is CCCNCC(CC)(CC)CN1CCC(N2CCCC2)C1. The first kappa shape index (κ1) is 17.2. The molecule has 124 valence electrons. The van der Waals surface area contributed by atoms with Gasteiger partial charge in [-0.2, -0.15) is 0 Å². The lowest BCUT2D eigenvalue weighted by Gasteiger charge is -2.36. The Bertz CT molecular complexity index is 282. The predicted molar refractivity (Wildman–Crippen MR) is 91.8 cm³/mol. The van der Waals surface area contributed by atoms with Crippen LogP contribution in [-0.2, 0) is 0 Å². The molecule has 0 aromatic heterocycles. The van der Waals surface area contributed by atoms with Gasteiger partial charge in [-0.1, -0.05) is 20.8 Å². The summed E-state index contributed by atoms with van der Waals surface area (Å²) in [6.07, 6.45) is 8.07. The van der Waals surface area contributed by atoms with Crippen molar-refractivity contribution in [3.63, 3.8) is 0 Å². The molecule has 1 unspecified atom stereocenters. The lowest BCUT2D eigenvalue weighted by Crippen LogP contribution is -2.44. The Morgan fingerprint density at radius 3 is 2.38 bits per heavy atom. The fraction of sp³-hybridized carbons (Fsp3) is 1.00. The lowest BCUT2D eigenvalue weighted by molar-refractivity contribution is 0.144. The van der Waals surface area contributed by atoms with Crippen LogP contribution in [0.25, 0.3) is 0 Å². The topological polar surface area (TPSA) is 18.5 Å². The van der Waals surface area contributed by atoms with Crippen LogP contribution < -0.4 is 5.32 Å². The molecule has 3 nitrogen and oxygen atoms in total. The second-order valence-electron chi connectivity index (χ2n) is 7.30. The Hall–Kier alpha value is -0.120. The molecule has 2 fully saturated rings. The molecule has 2 aliphatic rings. The van der Waals surface area contributed by atoms with E-state index in [1.54, 1.807) is 0 Å². The van der Waals surface area contributed by atoms with Crippen LogP contribution in [0.5, 0.6) is 0 Å². The molecule has 2 heterocycles. The third-order valence-corrected chi connectivity index (χ3v) is 5.89. The van der Waals surface area contributed by atoms with Crippen LogP contribution in [0.3, 0.4) is 0 Å². The zero-order valence-electron chi connectivity index (χ0n) is 14.7. The second kappa shape index (κ2) is 8.50. The number of nitrogens with zero attached hydrogens (tertiary/aromatic N) is 2. The van der Waals surface area contributed by atoms with Crippen LogP contribution >= 0.6 is 0 Å². The molecule has 0 bridgehead atoms. The van der Waals surface area contributed by atoms with Crippen molar-refractivity contribution in [3.8, 4) is 0 Å². The minimum absolute atomic E-state index is 0.481. The molecule has 0 saturated carbocycles. The van der Waals surface area contributed by atoms with Gasteiger partial charge in [0.15, 0.2) is 0 Å². The Kier molecular flexibility index (Phi) is 6.97. The van der Waals surface area contributed by atoms with E-state index in [-0.39, 0.29) is 0 Å². The summed E-state index contributed by atoms with van der Waals surface area (Å²) >= 11 is 0. The van der Waals surface area contributed by atoms with Crippen LogP contribution in [0.4, 0.5) is 0 Å². The second-order valence-corrected chi connectivity index (χ2v) is 7.30. The van der Waals surface area contributed by atoms with Crippen molar-refractivity contribution in [1.29, 1.82) is 0 Å². The average molecular weight is 296 g/mol. The highest BCUT2D eigenvalue weighted by atomic mass is 15.3. The fourth-order valence-corrected chi connectivity index (χ4v) is 4.14. The number of nitrogens with one attached hydrogen (secondary N) is 1. The first-order valence-electron chi connectivity index (χ1n) is 9.40. The van der Waals surface area contributed by atoms with Gasteiger partial charge in [-0.25, -0.2) is 0 Å². The van der Waals surface area contributed by atoms with Gasteiger partial charge in [0.05, 0.1) is 0 Å². The van der Waals surface area contributed by atoms with E-state index >= 15 is 0 Å². The van der Waals surface area contributed by atoms with Crippen LogP contribution in [0.1, 0.15) is 59.3 Å². The van der Waals surface area contributed by atoms with E-state index in [9.17, 15) is 0 Å². The van der Waals surface area contributed by atoms with Gasteiger partial charge < -0.3 is 10.2 Å². The largest absolute Gasteiger partial charge is 0.316 e. The summed E-state index contributed by atoms with van der Waals surface area (Å²) in [6, 6.07) is 0.850. The normalized spacial score (nSPS) is 25.0. The first-order valence-corrected chi connectivity index (χ1v) is 9.40. The molecule has 2 aliphatic heterocycles. The lowest BCUT2D eigenvalue weighted by atomic mass is 9.81. The molecule has 0 amide bonds. The maximum Gasteiger partial charge on any atom is 0.0235 e. The highest BCUT2D eigenvalue weighted by Gasteiger charge is 2.34. The van der Waals surface area contributed by atoms with Gasteiger partial charge in [0.25, 0.3) is 0 Å². The van der Waals surface area contributed by atoms with E-state index < -0.39 is 0 Å². The van der Waals surface area contributed by atoms with Crippen LogP contribution in [0.15, 0.2) is 0 Å². The van der Waals surface area contributed by atoms with Gasteiger partial charge >= 0.3 is 0 Å². The summed E-state index contributed by atoms with van der Waals surface area (Å²) in [6.45, 7) is 16.0. The summed E-state index contributed by atoms with van der Waals surface area (Å²) in [7, 11) is 0. The smallest absolute Gasteiger partial charge is 0.0235 e. The molecule has 0 radical (unpaired) electrons. The van der Waals surface area contributed by atoms with Gasteiger partial charge in [-0.15, -0.1) is 0 Å². The van der Waals surface area contributed by atoms with Gasteiger partial charge in [-0.05, 0) is 70.1 Å². The average Bonchev–Trinajstić information content (AvgIpc) is 3.17. The Morgan fingerprint density at radius 1 is 1.05 bits per heavy atom. The first-order chi connectivity index (χ1) is 10.2. The van der Waals surface area contributed by atoms with E-state index in [0.717, 1.165) is 12.6 Å². The van der Waals surface area contributed by atoms with Crippen LogP contribution in [-0.4, -0.2) is 61.7 Å². The summed E-state index contributed by atoms with van der Waals surface area (Å²) < 4.78 is 0. The van der Waals surface area contributed by atoms with Crippen LogP contribution in [0.2, 0.25) is 0 Å². The molecule has 3 heteroatoms. The van der Waals surface area contributed by atoms with Crippen molar-refractivity contribution < 1.29 is 0 Å². The molecule has 1 N–H and O–H groups in total. The monoisotopic (exact) mass is 295 g/mol. The molecular formula is C18H37N3. The Balaban J connectivity index is 1.82. The standard InChI is InChI=1S/C18H37N3/c1-4-10-19-15-18(5-2,6-3)16-20-13-9-17(14-20)21-11-7-8-12-21/h17,19H,4-16H2,1-3H3. The minimum Gasteiger partial charge on any atom is -0.316 e. The molecule has 0 aliphatic carbocycles. The van der Waals surface area contributed by atoms with E-state index in [2.05, 4.69) is 35.9 Å². The number of likely N-dealkylation sites (tertiary alicyclic amines) is 2. The van der Waals surface area contributed by atoms with Crippen molar-refractivity contribution in [1.82, 2.24) is 15.1 Å². The van der Waals surface area contributed by atoms with Crippen molar-refractivity contribution in [2.75, 3.05) is 45.8 Å². The number of hydrogen-bond donors (Lipinski definition) is 1. The van der Waals surface area contributed by atoms with Gasteiger partial charge in [0, 0.05) is 25.7 Å². The molecule has 1 atom stereocenters. The molecule has 0 aromatic carbocycles. The van der Waals surface area contributed by atoms with Crippen molar-refractivity contribution >= 4 is 0 Å². The number of hydrogen-bond acceptors (Lipinski definition) is 3. The van der Waals surface area contributed by atoms with Gasteiger partial charge in [0.2, 0.25) is 0 Å². The molecule has 2 saturated heterocycles. The third kappa shape index (κ3) is 4.67. The van der Waals surface area contributed by atoms with E-state index in [0.29, 0.717) is 5.41 Å². The third-order valence-electron chi connectivity index (χ3n) is 5.89. The molecule has 0 spiro atoms. The zero-order valence-corrected chi connectivity index (χ0v) is 14.7. The summed E-state index contributed by atoms with van der Waals surface area (Å²) in [4.78, 5) is 5.50. The molecule has 21 heavy (non-hydrogen) atoms. The number of rotatable bonds is 9. The summed E-state index contributed by atoms with van der Waals surface area (Å²) in [5.41, 5.74) is 0.481. The highest BCUT2D eigenvalue weighted by Crippen LogP contribution is 2.30. The van der Waals surface area contributed by atoms with Gasteiger partial charge in [0.1, 0.15) is 0 Å². The predicted octanol–water partition coefficient (Wildman–Crippen LogP) is 2.96. The van der Waals surface area contributed by atoms with Crippen molar-refractivity contribution in [3.05, 3.63) is 0 Å². The van der Waals surface area contributed by atoms with Gasteiger partial charge in [-0.3, -0.25) is 4.90 Å². The van der Waals surface area contributed by atoms with E-state index in [1.807, 2.05) is 0 Å². The van der Waals surface area contributed by atoms with Crippen molar-refractivity contribution in [2.45, 2.75) is 65.3 Å². The van der Waals surface area contributed by atoms with E-state index in [4.69, 9.17) is 0 Å². The summed E-state index contributed by atoms with van der Waals surface area (Å²) in [5, 5.41) is 3.68. The molecular weight excluding hydrogens is 258 g/mol. The Labute approximate surface area is 132 Å². The highest BCUT2D eigenvalue weighted by molar-refractivity contribution is 4.90. The minimum atomic E-state index is 0.481. The quantitative estimate of drug-likeness (QED) is 0.660. The maximum atomic E-state index is 3.68. The fourth-order valence-electron chi connectivity index (χ4n) is 4.14. The maximum absolute atomic E-state index is 3.68. The Morgan fingerprint density at radius 2 is 1.76 bits per heavy atom. The molecule has 0 aromatic rings. The zero-order chi connectivity index (χ0) is 15.1. The van der Waals surface area contributed by atoms with Crippen molar-refractivity contribution in [2.24, 2.45) is 5.41 Å².